The van der Waals surface area contributed by atoms with Gasteiger partial charge in [-0.1, -0.05) is 48.5 Å². The Morgan fingerprint density at radius 1 is 0.846 bits per heavy atom. The summed E-state index contributed by atoms with van der Waals surface area (Å²) in [5.74, 6) is -1.10. The lowest BCUT2D eigenvalue weighted by Crippen LogP contribution is -2.34. The van der Waals surface area contributed by atoms with E-state index in [9.17, 15) is 14.0 Å². The minimum Gasteiger partial charge on any atom is -0.366 e. The quantitative estimate of drug-likeness (QED) is 0.795. The summed E-state index contributed by atoms with van der Waals surface area (Å²) in [6.07, 6.45) is 2.00. The van der Waals surface area contributed by atoms with Crippen LogP contribution < -0.4 is 0 Å². The molecule has 5 heteroatoms. The Labute approximate surface area is 151 Å². The molecule has 0 aromatic heterocycles. The Kier molecular flexibility index (Phi) is 4.29. The van der Waals surface area contributed by atoms with Gasteiger partial charge in [0.1, 0.15) is 11.5 Å². The number of rotatable bonds is 4. The fraction of sp³-hybridized carbons (Fsp3) is 0.238. The Morgan fingerprint density at radius 3 is 2.19 bits per heavy atom. The molecule has 0 radical (unpaired) electrons. The van der Waals surface area contributed by atoms with Crippen molar-refractivity contribution in [3.05, 3.63) is 77.2 Å². The van der Waals surface area contributed by atoms with Crippen LogP contribution in [0.15, 0.2) is 60.3 Å². The van der Waals surface area contributed by atoms with Crippen molar-refractivity contribution in [1.82, 2.24) is 9.80 Å². The van der Waals surface area contributed by atoms with Crippen molar-refractivity contribution in [2.24, 2.45) is 0 Å². The third-order valence-electron chi connectivity index (χ3n) is 4.91. The second kappa shape index (κ2) is 6.75. The molecule has 2 aromatic rings. The molecule has 0 spiro atoms. The number of hydrogen-bond acceptors (Lipinski definition) is 3. The highest BCUT2D eigenvalue weighted by Crippen LogP contribution is 2.34. The summed E-state index contributed by atoms with van der Waals surface area (Å²) in [4.78, 5) is 29.3. The van der Waals surface area contributed by atoms with Crippen LogP contribution in [0, 0.1) is 5.82 Å². The van der Waals surface area contributed by atoms with Crippen molar-refractivity contribution in [3.8, 4) is 0 Å². The van der Waals surface area contributed by atoms with E-state index in [-0.39, 0.29) is 18.4 Å². The molecule has 26 heavy (non-hydrogen) atoms. The lowest BCUT2D eigenvalue weighted by molar-refractivity contribution is -0.138. The smallest absolute Gasteiger partial charge is 0.278 e. The molecule has 4 nitrogen and oxygen atoms in total. The molecule has 1 fully saturated rings. The first-order valence-corrected chi connectivity index (χ1v) is 8.81. The molecule has 2 aliphatic heterocycles. The van der Waals surface area contributed by atoms with Gasteiger partial charge in [-0.15, -0.1) is 0 Å². The SMILES string of the molecule is O=C1C(c2ccccc2)=C(N2CCCC2)C(=O)N1Cc1ccccc1F. The highest BCUT2D eigenvalue weighted by Gasteiger charge is 2.42. The maximum Gasteiger partial charge on any atom is 0.278 e. The van der Waals surface area contributed by atoms with Gasteiger partial charge in [-0.05, 0) is 24.5 Å². The van der Waals surface area contributed by atoms with Crippen LogP contribution >= 0.6 is 0 Å². The van der Waals surface area contributed by atoms with Crippen molar-refractivity contribution in [2.75, 3.05) is 13.1 Å². The maximum absolute atomic E-state index is 14.0. The van der Waals surface area contributed by atoms with Gasteiger partial charge in [0.15, 0.2) is 0 Å². The normalized spacial score (nSPS) is 17.6. The van der Waals surface area contributed by atoms with E-state index >= 15 is 0 Å². The fourth-order valence-corrected chi connectivity index (χ4v) is 3.60. The van der Waals surface area contributed by atoms with Crippen LogP contribution in [0.1, 0.15) is 24.0 Å². The number of likely N-dealkylation sites (tertiary alicyclic amines) is 1. The van der Waals surface area contributed by atoms with E-state index in [0.717, 1.165) is 36.4 Å². The van der Waals surface area contributed by atoms with E-state index in [2.05, 4.69) is 0 Å². The number of nitrogens with zero attached hydrogens (tertiary/aromatic N) is 2. The van der Waals surface area contributed by atoms with Crippen LogP contribution in [0.2, 0.25) is 0 Å². The van der Waals surface area contributed by atoms with Gasteiger partial charge in [-0.25, -0.2) is 4.39 Å². The molecule has 2 amide bonds. The number of amides is 2. The molecule has 2 aliphatic rings. The Balaban J connectivity index is 1.74. The second-order valence-corrected chi connectivity index (χ2v) is 6.57. The summed E-state index contributed by atoms with van der Waals surface area (Å²) < 4.78 is 14.0. The van der Waals surface area contributed by atoms with Gasteiger partial charge in [-0.2, -0.15) is 0 Å². The van der Waals surface area contributed by atoms with Gasteiger partial charge in [0, 0.05) is 18.7 Å². The molecular formula is C21H19FN2O2. The number of halogens is 1. The highest BCUT2D eigenvalue weighted by molar-refractivity contribution is 6.35. The van der Waals surface area contributed by atoms with E-state index in [4.69, 9.17) is 0 Å². The molecule has 132 valence electrons. The van der Waals surface area contributed by atoms with E-state index in [1.807, 2.05) is 35.2 Å². The van der Waals surface area contributed by atoms with Crippen LogP contribution in [0.3, 0.4) is 0 Å². The Bertz CT molecular complexity index is 886. The summed E-state index contributed by atoms with van der Waals surface area (Å²) >= 11 is 0. The van der Waals surface area contributed by atoms with E-state index < -0.39 is 5.82 Å². The summed E-state index contributed by atoms with van der Waals surface area (Å²) in [6.45, 7) is 1.47. The largest absolute Gasteiger partial charge is 0.366 e. The molecule has 4 rings (SSSR count). The van der Waals surface area contributed by atoms with E-state index in [1.54, 1.807) is 18.2 Å². The van der Waals surface area contributed by atoms with Crippen molar-refractivity contribution in [1.29, 1.82) is 0 Å². The molecular weight excluding hydrogens is 331 g/mol. The molecule has 0 saturated carbocycles. The van der Waals surface area contributed by atoms with Crippen LogP contribution in [-0.2, 0) is 16.1 Å². The van der Waals surface area contributed by atoms with Crippen molar-refractivity contribution in [2.45, 2.75) is 19.4 Å². The summed E-state index contributed by atoms with van der Waals surface area (Å²) in [5, 5.41) is 0. The van der Waals surface area contributed by atoms with Gasteiger partial charge in [0.05, 0.1) is 12.1 Å². The monoisotopic (exact) mass is 350 g/mol. The first kappa shape index (κ1) is 16.5. The highest BCUT2D eigenvalue weighted by atomic mass is 19.1. The molecule has 0 unspecified atom stereocenters. The molecule has 0 aliphatic carbocycles. The first-order chi connectivity index (χ1) is 12.7. The minimum atomic E-state index is -0.413. The van der Waals surface area contributed by atoms with Crippen molar-refractivity contribution >= 4 is 17.4 Å². The number of carbonyl (C=O) groups is 2. The summed E-state index contributed by atoms with van der Waals surface area (Å²) in [5.41, 5.74) is 1.94. The molecule has 0 atom stereocenters. The van der Waals surface area contributed by atoms with Crippen LogP contribution in [0.4, 0.5) is 4.39 Å². The topological polar surface area (TPSA) is 40.6 Å². The van der Waals surface area contributed by atoms with Gasteiger partial charge < -0.3 is 4.90 Å². The van der Waals surface area contributed by atoms with Crippen LogP contribution in [0.25, 0.3) is 5.57 Å². The molecule has 0 bridgehead atoms. The van der Waals surface area contributed by atoms with Gasteiger partial charge >= 0.3 is 0 Å². The standard InChI is InChI=1S/C21H19FN2O2/c22-17-11-5-4-10-16(17)14-24-20(25)18(15-8-2-1-3-9-15)19(21(24)26)23-12-6-7-13-23/h1-5,8-11H,6-7,12-14H2. The summed E-state index contributed by atoms with van der Waals surface area (Å²) in [6, 6.07) is 15.5. The van der Waals surface area contributed by atoms with Gasteiger partial charge in [-0.3, -0.25) is 14.5 Å². The molecule has 2 aromatic carbocycles. The minimum absolute atomic E-state index is 0.0575. The lowest BCUT2D eigenvalue weighted by Gasteiger charge is -2.20. The zero-order valence-corrected chi connectivity index (χ0v) is 14.3. The Morgan fingerprint density at radius 2 is 1.50 bits per heavy atom. The first-order valence-electron chi connectivity index (χ1n) is 8.81. The predicted octanol–water partition coefficient (Wildman–Crippen LogP) is 3.20. The van der Waals surface area contributed by atoms with Crippen LogP contribution in [-0.4, -0.2) is 34.7 Å². The summed E-state index contributed by atoms with van der Waals surface area (Å²) in [7, 11) is 0. The second-order valence-electron chi connectivity index (χ2n) is 6.57. The van der Waals surface area contributed by atoms with Gasteiger partial charge in [0.2, 0.25) is 0 Å². The average molecular weight is 350 g/mol. The Hall–Kier alpha value is -2.95. The van der Waals surface area contributed by atoms with Crippen molar-refractivity contribution in [3.63, 3.8) is 0 Å². The van der Waals surface area contributed by atoms with Gasteiger partial charge in [0.25, 0.3) is 11.8 Å². The average Bonchev–Trinajstić information content (AvgIpc) is 3.26. The molecule has 0 N–H and O–H groups in total. The molecule has 2 heterocycles. The number of carbonyl (C=O) groups excluding carboxylic acids is 2. The van der Waals surface area contributed by atoms with Crippen LogP contribution in [0.5, 0.6) is 0 Å². The number of imide groups is 1. The van der Waals surface area contributed by atoms with Crippen molar-refractivity contribution < 1.29 is 14.0 Å². The third kappa shape index (κ3) is 2.79. The molecule has 1 saturated heterocycles. The zero-order chi connectivity index (χ0) is 18.1. The third-order valence-corrected chi connectivity index (χ3v) is 4.91. The maximum atomic E-state index is 14.0. The zero-order valence-electron chi connectivity index (χ0n) is 14.3. The van der Waals surface area contributed by atoms with E-state index in [0.29, 0.717) is 16.8 Å². The van der Waals surface area contributed by atoms with E-state index in [1.165, 1.54) is 6.07 Å². The lowest BCUT2D eigenvalue weighted by atomic mass is 10.0. The fourth-order valence-electron chi connectivity index (χ4n) is 3.60. The number of hydrogen-bond donors (Lipinski definition) is 0. The number of benzene rings is 2. The predicted molar refractivity (Wildman–Crippen MR) is 96.1 cm³/mol.